The molecule has 0 fully saturated rings. The molecule has 1 aromatic heterocycles. The second kappa shape index (κ2) is 3.11. The Kier molecular flexibility index (Phi) is 2.30. The number of carboxylic acids is 1. The van der Waals surface area contributed by atoms with E-state index in [1.165, 1.54) is 0 Å². The van der Waals surface area contributed by atoms with Crippen LogP contribution in [0.25, 0.3) is 0 Å². The van der Waals surface area contributed by atoms with Gasteiger partial charge >= 0.3 is 16.1 Å². The smallest absolute Gasteiger partial charge is 0.335 e. The molecule has 2 N–H and O–H groups in total. The molecule has 0 atom stereocenters. The van der Waals surface area contributed by atoms with E-state index in [0.29, 0.717) is 0 Å². The summed E-state index contributed by atoms with van der Waals surface area (Å²) in [6.45, 7) is 0. The fraction of sp³-hybridized carbons (Fsp3) is 0. The maximum atomic E-state index is 10.5. The number of rotatable bonds is 2. The highest BCUT2D eigenvalue weighted by molar-refractivity contribution is 7.85. The summed E-state index contributed by atoms with van der Waals surface area (Å²) in [5.74, 6) is -1.28. The maximum Gasteiger partial charge on any atom is 0.335 e. The summed E-state index contributed by atoms with van der Waals surface area (Å²) in [4.78, 5) is 13.7. The molecule has 0 radical (unpaired) electrons. The predicted molar refractivity (Wildman–Crippen MR) is 41.0 cm³/mol. The Morgan fingerprint density at radius 2 is 2.08 bits per heavy atom. The number of pyridine rings is 1. The van der Waals surface area contributed by atoms with Gasteiger partial charge in [-0.3, -0.25) is 4.55 Å². The Morgan fingerprint density at radius 1 is 1.46 bits per heavy atom. The van der Waals surface area contributed by atoms with Gasteiger partial charge in [-0.15, -0.1) is 0 Å². The molecule has 6 nitrogen and oxygen atoms in total. The molecule has 0 aliphatic heterocycles. The van der Waals surface area contributed by atoms with Crippen LogP contribution in [0.3, 0.4) is 0 Å². The summed E-state index contributed by atoms with van der Waals surface area (Å²) in [5, 5.41) is 7.80. The third-order valence-corrected chi connectivity index (χ3v) is 2.00. The van der Waals surface area contributed by atoms with Crippen LogP contribution < -0.4 is 0 Å². The Hall–Kier alpha value is -1.47. The van der Waals surface area contributed by atoms with Crippen LogP contribution >= 0.6 is 0 Å². The predicted octanol–water partition coefficient (Wildman–Crippen LogP) is 0.0265. The van der Waals surface area contributed by atoms with Gasteiger partial charge in [0.05, 0.1) is 5.56 Å². The van der Waals surface area contributed by atoms with Crippen molar-refractivity contribution in [3.63, 3.8) is 0 Å². The molecule has 70 valence electrons. The molecule has 0 aromatic carbocycles. The van der Waals surface area contributed by atoms with Crippen molar-refractivity contribution in [3.05, 3.63) is 23.9 Å². The molecule has 1 aromatic rings. The molecular formula is C6H5NO5S. The van der Waals surface area contributed by atoms with Crippen molar-refractivity contribution >= 4 is 16.1 Å². The highest BCUT2D eigenvalue weighted by atomic mass is 32.2. The molecule has 0 aliphatic carbocycles. The summed E-state index contributed by atoms with van der Waals surface area (Å²) in [5.41, 5.74) is -0.248. The minimum Gasteiger partial charge on any atom is -0.478 e. The van der Waals surface area contributed by atoms with E-state index >= 15 is 0 Å². The van der Waals surface area contributed by atoms with Gasteiger partial charge in [0.2, 0.25) is 0 Å². The quantitative estimate of drug-likeness (QED) is 0.657. The number of nitrogens with zero attached hydrogens (tertiary/aromatic N) is 1. The van der Waals surface area contributed by atoms with Gasteiger partial charge in [0.25, 0.3) is 0 Å². The van der Waals surface area contributed by atoms with Crippen LogP contribution in [0, 0.1) is 0 Å². The summed E-state index contributed by atoms with van der Waals surface area (Å²) >= 11 is 0. The highest BCUT2D eigenvalue weighted by Gasteiger charge is 2.13. The van der Waals surface area contributed by atoms with Crippen molar-refractivity contribution in [3.8, 4) is 0 Å². The van der Waals surface area contributed by atoms with Gasteiger partial charge in [-0.25, -0.2) is 9.78 Å². The molecule has 0 saturated carbocycles. The first-order valence-electron chi connectivity index (χ1n) is 3.08. The third-order valence-electron chi connectivity index (χ3n) is 1.25. The van der Waals surface area contributed by atoms with Crippen molar-refractivity contribution in [1.29, 1.82) is 0 Å². The van der Waals surface area contributed by atoms with Gasteiger partial charge in [0.1, 0.15) is 0 Å². The summed E-state index contributed by atoms with van der Waals surface area (Å²) in [7, 11) is -4.43. The maximum absolute atomic E-state index is 10.5. The fourth-order valence-corrected chi connectivity index (χ4v) is 1.15. The summed E-state index contributed by atoms with van der Waals surface area (Å²) < 4.78 is 29.5. The van der Waals surface area contributed by atoms with E-state index in [4.69, 9.17) is 9.66 Å². The van der Waals surface area contributed by atoms with E-state index in [1.54, 1.807) is 0 Å². The minimum absolute atomic E-state index is 0.248. The zero-order valence-electron chi connectivity index (χ0n) is 6.21. The van der Waals surface area contributed by atoms with Crippen molar-refractivity contribution in [2.45, 2.75) is 5.03 Å². The van der Waals surface area contributed by atoms with Crippen LogP contribution in [0.4, 0.5) is 0 Å². The standard InChI is InChI=1S/C6H5NO5S/c8-6(9)4-1-2-7-5(3-4)13(10,11)12/h1-3H,(H,8,9)(H,10,11,12). The second-order valence-corrected chi connectivity index (χ2v) is 3.53. The Balaban J connectivity index is 3.29. The first-order chi connectivity index (χ1) is 5.91. The van der Waals surface area contributed by atoms with E-state index in [1.807, 2.05) is 0 Å². The molecule has 0 spiro atoms. The summed E-state index contributed by atoms with van der Waals surface area (Å²) in [6, 6.07) is 1.90. The molecule has 0 saturated heterocycles. The zero-order valence-corrected chi connectivity index (χ0v) is 7.02. The van der Waals surface area contributed by atoms with E-state index in [9.17, 15) is 13.2 Å². The SMILES string of the molecule is O=C(O)c1ccnc(S(=O)(=O)O)c1. The first kappa shape index (κ1) is 9.62. The molecule has 1 heterocycles. The van der Waals surface area contributed by atoms with Crippen molar-refractivity contribution in [2.24, 2.45) is 0 Å². The number of hydrogen-bond donors (Lipinski definition) is 2. The second-order valence-electron chi connectivity index (χ2n) is 2.16. The lowest BCUT2D eigenvalue weighted by molar-refractivity contribution is 0.0696. The minimum atomic E-state index is -4.43. The average molecular weight is 203 g/mol. The zero-order chi connectivity index (χ0) is 10.1. The summed E-state index contributed by atoms with van der Waals surface area (Å²) in [6.07, 6.45) is 0.993. The largest absolute Gasteiger partial charge is 0.478 e. The van der Waals surface area contributed by atoms with E-state index in [2.05, 4.69) is 4.98 Å². The van der Waals surface area contributed by atoms with Crippen molar-refractivity contribution in [2.75, 3.05) is 0 Å². The van der Waals surface area contributed by atoms with Gasteiger partial charge in [-0.05, 0) is 12.1 Å². The normalized spacial score (nSPS) is 11.2. The van der Waals surface area contributed by atoms with Crippen LogP contribution in [0.5, 0.6) is 0 Å². The van der Waals surface area contributed by atoms with Crippen molar-refractivity contribution in [1.82, 2.24) is 4.98 Å². The van der Waals surface area contributed by atoms with Gasteiger partial charge in [-0.1, -0.05) is 0 Å². The molecule has 7 heteroatoms. The van der Waals surface area contributed by atoms with E-state index in [0.717, 1.165) is 18.3 Å². The van der Waals surface area contributed by atoms with Crippen LogP contribution in [-0.4, -0.2) is 29.0 Å². The molecule has 0 aliphatic rings. The number of aromatic carboxylic acids is 1. The number of carbonyl (C=O) groups is 1. The van der Waals surface area contributed by atoms with Gasteiger partial charge < -0.3 is 5.11 Å². The van der Waals surface area contributed by atoms with E-state index in [-0.39, 0.29) is 5.56 Å². The van der Waals surface area contributed by atoms with Gasteiger partial charge in [0, 0.05) is 6.20 Å². The Morgan fingerprint density at radius 3 is 2.54 bits per heavy atom. The van der Waals surface area contributed by atoms with Crippen LogP contribution in [0.15, 0.2) is 23.4 Å². The van der Waals surface area contributed by atoms with Crippen LogP contribution in [-0.2, 0) is 10.1 Å². The third kappa shape index (κ3) is 2.23. The first-order valence-corrected chi connectivity index (χ1v) is 4.52. The Bertz CT molecular complexity index is 438. The lowest BCUT2D eigenvalue weighted by atomic mass is 10.3. The number of hydrogen-bond acceptors (Lipinski definition) is 4. The topological polar surface area (TPSA) is 105 Å². The molecular weight excluding hydrogens is 198 g/mol. The lowest BCUT2D eigenvalue weighted by Crippen LogP contribution is -2.04. The average Bonchev–Trinajstić information content (AvgIpc) is 2.03. The monoisotopic (exact) mass is 203 g/mol. The van der Waals surface area contributed by atoms with Crippen LogP contribution in [0.2, 0.25) is 0 Å². The lowest BCUT2D eigenvalue weighted by Gasteiger charge is -1.96. The molecule has 0 bridgehead atoms. The molecule has 13 heavy (non-hydrogen) atoms. The van der Waals surface area contributed by atoms with Crippen LogP contribution in [0.1, 0.15) is 10.4 Å². The fourth-order valence-electron chi connectivity index (χ4n) is 0.684. The van der Waals surface area contributed by atoms with Gasteiger partial charge in [-0.2, -0.15) is 8.42 Å². The molecule has 1 rings (SSSR count). The van der Waals surface area contributed by atoms with Gasteiger partial charge in [0.15, 0.2) is 5.03 Å². The molecule has 0 unspecified atom stereocenters. The van der Waals surface area contributed by atoms with Crippen molar-refractivity contribution < 1.29 is 22.9 Å². The highest BCUT2D eigenvalue weighted by Crippen LogP contribution is 2.06. The number of aromatic nitrogens is 1. The Labute approximate surface area is 73.6 Å². The molecule has 0 amide bonds. The van der Waals surface area contributed by atoms with E-state index < -0.39 is 21.1 Å². The number of carboxylic acid groups (broad SMARTS) is 1.